The van der Waals surface area contributed by atoms with Gasteiger partial charge in [0.2, 0.25) is 0 Å². The van der Waals surface area contributed by atoms with Crippen LogP contribution in [0.15, 0.2) is 30.3 Å². The summed E-state index contributed by atoms with van der Waals surface area (Å²) in [5.41, 5.74) is 1.01. The van der Waals surface area contributed by atoms with Gasteiger partial charge in [-0.25, -0.2) is 4.98 Å². The van der Waals surface area contributed by atoms with E-state index in [9.17, 15) is 0 Å². The minimum absolute atomic E-state index is 0.746. The third kappa shape index (κ3) is 2.28. The summed E-state index contributed by atoms with van der Waals surface area (Å²) in [4.78, 5) is 6.98. The lowest BCUT2D eigenvalue weighted by Gasteiger charge is -2.22. The van der Waals surface area contributed by atoms with Gasteiger partial charge in [0.15, 0.2) is 0 Å². The van der Waals surface area contributed by atoms with Gasteiger partial charge in [0.1, 0.15) is 5.82 Å². The van der Waals surface area contributed by atoms with E-state index in [1.165, 1.54) is 0 Å². The molecule has 0 radical (unpaired) electrons. The molecule has 3 rings (SSSR count). The predicted molar refractivity (Wildman–Crippen MR) is 76.5 cm³/mol. The average Bonchev–Trinajstić information content (AvgIpc) is 2.66. The van der Waals surface area contributed by atoms with Gasteiger partial charge in [0, 0.05) is 25.0 Å². The summed E-state index contributed by atoms with van der Waals surface area (Å²) in [7, 11) is 0. The summed E-state index contributed by atoms with van der Waals surface area (Å²) in [6.07, 6.45) is 1.13. The predicted octanol–water partition coefficient (Wildman–Crippen LogP) is 2.69. The number of hydrogen-bond acceptors (Lipinski definition) is 3. The van der Waals surface area contributed by atoms with Crippen molar-refractivity contribution >= 4 is 28.3 Å². The molecular formula is C14H16ClN3. The molecule has 0 amide bonds. The van der Waals surface area contributed by atoms with Crippen molar-refractivity contribution in [3.8, 4) is 0 Å². The highest BCUT2D eigenvalue weighted by Crippen LogP contribution is 2.27. The van der Waals surface area contributed by atoms with Gasteiger partial charge in [-0.2, -0.15) is 0 Å². The first kappa shape index (κ1) is 11.8. The van der Waals surface area contributed by atoms with Gasteiger partial charge in [-0.3, -0.25) is 0 Å². The third-order valence-electron chi connectivity index (χ3n) is 3.30. The molecule has 1 aliphatic heterocycles. The van der Waals surface area contributed by atoms with Gasteiger partial charge in [-0.1, -0.05) is 29.8 Å². The molecule has 4 heteroatoms. The first-order valence-electron chi connectivity index (χ1n) is 6.35. The van der Waals surface area contributed by atoms with Crippen LogP contribution in [0.2, 0.25) is 5.02 Å². The van der Waals surface area contributed by atoms with E-state index in [0.717, 1.165) is 54.3 Å². The molecule has 1 N–H and O–H groups in total. The Morgan fingerprint density at radius 1 is 1.17 bits per heavy atom. The number of nitrogens with one attached hydrogen (secondary N) is 1. The summed E-state index contributed by atoms with van der Waals surface area (Å²) in [6.45, 7) is 4.04. The van der Waals surface area contributed by atoms with Crippen LogP contribution in [0.5, 0.6) is 0 Å². The molecule has 1 aliphatic rings. The standard InChI is InChI=1S/C14H16ClN3/c15-12-10-11-4-1-2-5-13(11)17-14(12)18-8-3-6-16-7-9-18/h1-2,4-5,10,16H,3,6-9H2. The summed E-state index contributed by atoms with van der Waals surface area (Å²) < 4.78 is 0. The maximum absolute atomic E-state index is 6.37. The molecule has 1 saturated heterocycles. The van der Waals surface area contributed by atoms with E-state index < -0.39 is 0 Å². The highest BCUT2D eigenvalue weighted by atomic mass is 35.5. The smallest absolute Gasteiger partial charge is 0.148 e. The zero-order valence-corrected chi connectivity index (χ0v) is 11.0. The van der Waals surface area contributed by atoms with E-state index in [-0.39, 0.29) is 0 Å². The van der Waals surface area contributed by atoms with Gasteiger partial charge in [-0.15, -0.1) is 0 Å². The molecule has 1 fully saturated rings. The number of anilines is 1. The van der Waals surface area contributed by atoms with Crippen LogP contribution in [0, 0.1) is 0 Å². The van der Waals surface area contributed by atoms with Gasteiger partial charge in [0.05, 0.1) is 10.5 Å². The number of nitrogens with zero attached hydrogens (tertiary/aromatic N) is 2. The van der Waals surface area contributed by atoms with Crippen molar-refractivity contribution in [3.05, 3.63) is 35.4 Å². The van der Waals surface area contributed by atoms with Gasteiger partial charge in [0.25, 0.3) is 0 Å². The van der Waals surface area contributed by atoms with Crippen molar-refractivity contribution in [1.82, 2.24) is 10.3 Å². The second-order valence-electron chi connectivity index (χ2n) is 4.58. The third-order valence-corrected chi connectivity index (χ3v) is 3.58. The van der Waals surface area contributed by atoms with E-state index in [1.54, 1.807) is 0 Å². The lowest BCUT2D eigenvalue weighted by atomic mass is 10.2. The fourth-order valence-electron chi connectivity index (χ4n) is 2.36. The molecule has 0 bridgehead atoms. The largest absolute Gasteiger partial charge is 0.354 e. The number of para-hydroxylation sites is 1. The van der Waals surface area contributed by atoms with Crippen molar-refractivity contribution in [2.75, 3.05) is 31.1 Å². The average molecular weight is 262 g/mol. The second-order valence-corrected chi connectivity index (χ2v) is 4.98. The van der Waals surface area contributed by atoms with Crippen LogP contribution in [0.1, 0.15) is 6.42 Å². The Kier molecular flexibility index (Phi) is 3.35. The molecule has 0 aliphatic carbocycles. The summed E-state index contributed by atoms with van der Waals surface area (Å²) in [5, 5.41) is 5.23. The molecule has 0 atom stereocenters. The van der Waals surface area contributed by atoms with Crippen molar-refractivity contribution in [3.63, 3.8) is 0 Å². The van der Waals surface area contributed by atoms with Crippen molar-refractivity contribution in [2.24, 2.45) is 0 Å². The summed E-state index contributed by atoms with van der Waals surface area (Å²) >= 11 is 6.37. The summed E-state index contributed by atoms with van der Waals surface area (Å²) in [6, 6.07) is 10.1. The van der Waals surface area contributed by atoms with Crippen molar-refractivity contribution in [1.29, 1.82) is 0 Å². The molecule has 0 saturated carbocycles. The molecular weight excluding hydrogens is 246 g/mol. The maximum atomic E-state index is 6.37. The van der Waals surface area contributed by atoms with Crippen molar-refractivity contribution < 1.29 is 0 Å². The quantitative estimate of drug-likeness (QED) is 0.856. The molecule has 3 nitrogen and oxygen atoms in total. The minimum Gasteiger partial charge on any atom is -0.354 e. The van der Waals surface area contributed by atoms with E-state index in [2.05, 4.69) is 10.2 Å². The Hall–Kier alpha value is -1.32. The SMILES string of the molecule is Clc1cc2ccccc2nc1N1CCCNCC1. The zero-order chi connectivity index (χ0) is 12.4. The van der Waals surface area contributed by atoms with Crippen LogP contribution in [0.4, 0.5) is 5.82 Å². The lowest BCUT2D eigenvalue weighted by molar-refractivity contribution is 0.724. The van der Waals surface area contributed by atoms with E-state index >= 15 is 0 Å². The Bertz CT molecular complexity index is 548. The number of halogens is 1. The Morgan fingerprint density at radius 3 is 3.00 bits per heavy atom. The maximum Gasteiger partial charge on any atom is 0.148 e. The van der Waals surface area contributed by atoms with Crippen LogP contribution in [-0.4, -0.2) is 31.2 Å². The lowest BCUT2D eigenvalue weighted by Crippen LogP contribution is -2.28. The molecule has 2 heterocycles. The van der Waals surface area contributed by atoms with Crippen LogP contribution < -0.4 is 10.2 Å². The monoisotopic (exact) mass is 261 g/mol. The Labute approximate surface area is 112 Å². The van der Waals surface area contributed by atoms with E-state index in [0.29, 0.717) is 0 Å². The minimum atomic E-state index is 0.746. The number of fused-ring (bicyclic) bond motifs is 1. The molecule has 0 spiro atoms. The zero-order valence-electron chi connectivity index (χ0n) is 10.2. The first-order valence-corrected chi connectivity index (χ1v) is 6.73. The van der Waals surface area contributed by atoms with Gasteiger partial charge >= 0.3 is 0 Å². The molecule has 94 valence electrons. The van der Waals surface area contributed by atoms with Crippen LogP contribution >= 0.6 is 11.6 Å². The Balaban J connectivity index is 2.02. The number of rotatable bonds is 1. The topological polar surface area (TPSA) is 28.2 Å². The highest BCUT2D eigenvalue weighted by molar-refractivity contribution is 6.33. The molecule has 0 unspecified atom stereocenters. The second kappa shape index (κ2) is 5.12. The van der Waals surface area contributed by atoms with E-state index in [4.69, 9.17) is 16.6 Å². The molecule has 2 aromatic rings. The van der Waals surface area contributed by atoms with Gasteiger partial charge < -0.3 is 10.2 Å². The van der Waals surface area contributed by atoms with Crippen LogP contribution in [0.3, 0.4) is 0 Å². The number of hydrogen-bond donors (Lipinski definition) is 1. The fraction of sp³-hybridized carbons (Fsp3) is 0.357. The molecule has 1 aromatic carbocycles. The van der Waals surface area contributed by atoms with E-state index in [1.807, 2.05) is 30.3 Å². The number of aromatic nitrogens is 1. The number of benzene rings is 1. The Morgan fingerprint density at radius 2 is 2.06 bits per heavy atom. The highest BCUT2D eigenvalue weighted by Gasteiger charge is 2.14. The first-order chi connectivity index (χ1) is 8.84. The normalized spacial score (nSPS) is 16.8. The van der Waals surface area contributed by atoms with Gasteiger partial charge in [-0.05, 0) is 25.1 Å². The fourth-order valence-corrected chi connectivity index (χ4v) is 2.64. The van der Waals surface area contributed by atoms with Crippen LogP contribution in [-0.2, 0) is 0 Å². The molecule has 18 heavy (non-hydrogen) atoms. The summed E-state index contributed by atoms with van der Waals surface area (Å²) in [5.74, 6) is 0.916. The van der Waals surface area contributed by atoms with Crippen molar-refractivity contribution in [2.45, 2.75) is 6.42 Å². The molecule has 1 aromatic heterocycles. The van der Waals surface area contributed by atoms with Crippen LogP contribution in [0.25, 0.3) is 10.9 Å². The number of pyridine rings is 1.